The van der Waals surface area contributed by atoms with Crippen LogP contribution in [0.5, 0.6) is 0 Å². The Morgan fingerprint density at radius 3 is 2.33 bits per heavy atom. The normalized spacial score (nSPS) is 14.2. The number of hydrogen-bond donors (Lipinski definition) is 0. The molecule has 1 aromatic carbocycles. The highest BCUT2D eigenvalue weighted by molar-refractivity contribution is 5.38. The second-order valence-electron chi connectivity index (χ2n) is 4.35. The standard InChI is InChI=1S/C13H18.C2H6/c1-10(2)12-9-5-7-11-6-3-4-8-13(11)12;1-2/h5,7,9-10H,3-4,6,8H2,1-2H3;1-2H3. The Kier molecular flexibility index (Phi) is 4.87. The minimum Gasteiger partial charge on any atom is -0.0683 e. The molecule has 0 radical (unpaired) electrons. The van der Waals surface area contributed by atoms with Crippen molar-refractivity contribution >= 4 is 0 Å². The molecule has 0 unspecified atom stereocenters. The molecule has 15 heavy (non-hydrogen) atoms. The molecule has 0 aromatic heterocycles. The van der Waals surface area contributed by atoms with Crippen LogP contribution in [-0.4, -0.2) is 0 Å². The summed E-state index contributed by atoms with van der Waals surface area (Å²) >= 11 is 0. The van der Waals surface area contributed by atoms with Crippen LogP contribution in [0.4, 0.5) is 0 Å². The predicted octanol–water partition coefficient (Wildman–Crippen LogP) is 4.72. The average Bonchev–Trinajstić information content (AvgIpc) is 2.31. The zero-order valence-electron chi connectivity index (χ0n) is 10.6. The van der Waals surface area contributed by atoms with Gasteiger partial charge in [-0.2, -0.15) is 0 Å². The summed E-state index contributed by atoms with van der Waals surface area (Å²) in [4.78, 5) is 0. The lowest BCUT2D eigenvalue weighted by molar-refractivity contribution is 0.670. The highest BCUT2D eigenvalue weighted by Gasteiger charge is 2.13. The van der Waals surface area contributed by atoms with Crippen LogP contribution >= 0.6 is 0 Å². The molecule has 0 atom stereocenters. The van der Waals surface area contributed by atoms with Gasteiger partial charge in [-0.15, -0.1) is 0 Å². The molecular formula is C15H24. The van der Waals surface area contributed by atoms with E-state index >= 15 is 0 Å². The summed E-state index contributed by atoms with van der Waals surface area (Å²) in [6.07, 6.45) is 5.38. The second kappa shape index (κ2) is 5.95. The molecule has 0 spiro atoms. The fourth-order valence-electron chi connectivity index (χ4n) is 2.35. The molecule has 0 bridgehead atoms. The van der Waals surface area contributed by atoms with Crippen molar-refractivity contribution in [2.75, 3.05) is 0 Å². The molecule has 84 valence electrons. The van der Waals surface area contributed by atoms with Crippen LogP contribution in [0.2, 0.25) is 0 Å². The van der Waals surface area contributed by atoms with Crippen LogP contribution in [-0.2, 0) is 12.8 Å². The first-order valence-corrected chi connectivity index (χ1v) is 6.39. The van der Waals surface area contributed by atoms with Gasteiger partial charge in [-0.3, -0.25) is 0 Å². The highest BCUT2D eigenvalue weighted by atomic mass is 14.2. The Morgan fingerprint density at radius 1 is 1.00 bits per heavy atom. The first-order valence-electron chi connectivity index (χ1n) is 6.39. The molecule has 0 saturated carbocycles. The molecule has 0 aliphatic heterocycles. The summed E-state index contributed by atoms with van der Waals surface area (Å²) in [5.41, 5.74) is 4.85. The maximum absolute atomic E-state index is 2.31. The van der Waals surface area contributed by atoms with Gasteiger partial charge in [0, 0.05) is 0 Å². The van der Waals surface area contributed by atoms with Crippen LogP contribution in [0.1, 0.15) is 63.1 Å². The monoisotopic (exact) mass is 204 g/mol. The van der Waals surface area contributed by atoms with Gasteiger partial charge in [-0.25, -0.2) is 0 Å². The maximum atomic E-state index is 2.31. The van der Waals surface area contributed by atoms with E-state index in [4.69, 9.17) is 0 Å². The van der Waals surface area contributed by atoms with E-state index in [0.29, 0.717) is 5.92 Å². The molecule has 0 heterocycles. The van der Waals surface area contributed by atoms with E-state index in [1.807, 2.05) is 13.8 Å². The van der Waals surface area contributed by atoms with Gasteiger partial charge in [0.2, 0.25) is 0 Å². The van der Waals surface area contributed by atoms with Gasteiger partial charge < -0.3 is 0 Å². The van der Waals surface area contributed by atoms with E-state index in [1.165, 1.54) is 25.7 Å². The van der Waals surface area contributed by atoms with Crippen molar-refractivity contribution in [1.29, 1.82) is 0 Å². The van der Waals surface area contributed by atoms with Gasteiger partial charge in [0.1, 0.15) is 0 Å². The van der Waals surface area contributed by atoms with Crippen LogP contribution in [0.25, 0.3) is 0 Å². The van der Waals surface area contributed by atoms with Crippen LogP contribution in [0.15, 0.2) is 18.2 Å². The predicted molar refractivity (Wildman–Crippen MR) is 68.5 cm³/mol. The topological polar surface area (TPSA) is 0 Å². The maximum Gasteiger partial charge on any atom is -0.0216 e. The van der Waals surface area contributed by atoms with Crippen molar-refractivity contribution in [1.82, 2.24) is 0 Å². The zero-order chi connectivity index (χ0) is 11.3. The van der Waals surface area contributed by atoms with Crippen molar-refractivity contribution in [3.63, 3.8) is 0 Å². The Labute approximate surface area is 94.7 Å². The van der Waals surface area contributed by atoms with E-state index < -0.39 is 0 Å². The molecule has 0 fully saturated rings. The van der Waals surface area contributed by atoms with Crippen molar-refractivity contribution in [2.45, 2.75) is 59.3 Å². The lowest BCUT2D eigenvalue weighted by Gasteiger charge is -2.21. The number of hydrogen-bond acceptors (Lipinski definition) is 0. The Morgan fingerprint density at radius 2 is 1.67 bits per heavy atom. The minimum absolute atomic E-state index is 0.688. The van der Waals surface area contributed by atoms with E-state index in [-0.39, 0.29) is 0 Å². The van der Waals surface area contributed by atoms with Crippen molar-refractivity contribution in [3.05, 3.63) is 34.9 Å². The molecule has 1 aliphatic carbocycles. The number of rotatable bonds is 1. The average molecular weight is 204 g/mol. The number of aryl methyl sites for hydroxylation is 1. The SMILES string of the molecule is CC.CC(C)c1cccc2c1CCCC2. The van der Waals surface area contributed by atoms with Crippen molar-refractivity contribution in [3.8, 4) is 0 Å². The molecule has 2 rings (SSSR count). The summed E-state index contributed by atoms with van der Waals surface area (Å²) in [7, 11) is 0. The summed E-state index contributed by atoms with van der Waals surface area (Å²) < 4.78 is 0. The lowest BCUT2D eigenvalue weighted by Crippen LogP contribution is -2.06. The molecule has 0 N–H and O–H groups in total. The van der Waals surface area contributed by atoms with Gasteiger partial charge in [0.25, 0.3) is 0 Å². The van der Waals surface area contributed by atoms with Gasteiger partial charge in [-0.1, -0.05) is 45.9 Å². The molecular weight excluding hydrogens is 180 g/mol. The van der Waals surface area contributed by atoms with Gasteiger partial charge in [0.05, 0.1) is 0 Å². The third-order valence-electron chi connectivity index (χ3n) is 3.05. The molecule has 0 amide bonds. The fraction of sp³-hybridized carbons (Fsp3) is 0.600. The Bertz CT molecular complexity index is 297. The van der Waals surface area contributed by atoms with Gasteiger partial charge in [0.15, 0.2) is 0 Å². The molecule has 0 heteroatoms. The van der Waals surface area contributed by atoms with Crippen molar-refractivity contribution in [2.24, 2.45) is 0 Å². The third kappa shape index (κ3) is 2.84. The smallest absolute Gasteiger partial charge is 0.0216 e. The van der Waals surface area contributed by atoms with Gasteiger partial charge >= 0.3 is 0 Å². The summed E-state index contributed by atoms with van der Waals surface area (Å²) in [6.45, 7) is 8.59. The van der Waals surface area contributed by atoms with E-state index in [2.05, 4.69) is 32.0 Å². The second-order valence-corrected chi connectivity index (χ2v) is 4.35. The third-order valence-corrected chi connectivity index (χ3v) is 3.05. The van der Waals surface area contributed by atoms with Crippen LogP contribution in [0.3, 0.4) is 0 Å². The van der Waals surface area contributed by atoms with Crippen LogP contribution < -0.4 is 0 Å². The Hall–Kier alpha value is -0.780. The molecule has 1 aliphatic rings. The first-order chi connectivity index (χ1) is 7.29. The lowest BCUT2D eigenvalue weighted by atomic mass is 9.85. The Balaban J connectivity index is 0.000000531. The van der Waals surface area contributed by atoms with E-state index in [0.717, 1.165) is 0 Å². The quantitative estimate of drug-likeness (QED) is 0.621. The van der Waals surface area contributed by atoms with Crippen LogP contribution in [0, 0.1) is 0 Å². The summed E-state index contributed by atoms with van der Waals surface area (Å²) in [6, 6.07) is 6.83. The number of benzene rings is 1. The van der Waals surface area contributed by atoms with Crippen molar-refractivity contribution < 1.29 is 0 Å². The fourth-order valence-corrected chi connectivity index (χ4v) is 2.35. The summed E-state index contributed by atoms with van der Waals surface area (Å²) in [5.74, 6) is 0.688. The molecule has 1 aromatic rings. The summed E-state index contributed by atoms with van der Waals surface area (Å²) in [5, 5.41) is 0. The molecule has 0 saturated heterocycles. The minimum atomic E-state index is 0.688. The zero-order valence-corrected chi connectivity index (χ0v) is 10.6. The highest BCUT2D eigenvalue weighted by Crippen LogP contribution is 2.28. The van der Waals surface area contributed by atoms with E-state index in [9.17, 15) is 0 Å². The molecule has 0 nitrogen and oxygen atoms in total. The first kappa shape index (κ1) is 12.3. The number of fused-ring (bicyclic) bond motifs is 1. The van der Waals surface area contributed by atoms with E-state index in [1.54, 1.807) is 16.7 Å². The van der Waals surface area contributed by atoms with Gasteiger partial charge in [-0.05, 0) is 48.3 Å². The largest absolute Gasteiger partial charge is 0.0683 e.